The lowest BCUT2D eigenvalue weighted by Crippen LogP contribution is -2.27. The molecule has 1 N–H and O–H groups in total. The van der Waals surface area contributed by atoms with Crippen molar-refractivity contribution in [1.29, 1.82) is 0 Å². The highest BCUT2D eigenvalue weighted by atomic mass is 35.5. The van der Waals surface area contributed by atoms with Gasteiger partial charge in [-0.25, -0.2) is 4.98 Å². The van der Waals surface area contributed by atoms with Crippen LogP contribution >= 0.6 is 23.2 Å². The number of benzene rings is 2. The van der Waals surface area contributed by atoms with Crippen LogP contribution in [0.25, 0.3) is 22.1 Å². The first kappa shape index (κ1) is 16.6. The van der Waals surface area contributed by atoms with E-state index >= 15 is 0 Å². The third-order valence-electron chi connectivity index (χ3n) is 3.87. The summed E-state index contributed by atoms with van der Waals surface area (Å²) in [5.74, 6) is -0.437. The van der Waals surface area contributed by atoms with Crippen LogP contribution < -0.4 is 10.9 Å². The largest absolute Gasteiger partial charge is 0.448 e. The van der Waals surface area contributed by atoms with Gasteiger partial charge in [0.2, 0.25) is 11.5 Å². The zero-order valence-electron chi connectivity index (χ0n) is 13.2. The molecule has 0 saturated heterocycles. The summed E-state index contributed by atoms with van der Waals surface area (Å²) in [6.07, 6.45) is 1.33. The van der Waals surface area contributed by atoms with Gasteiger partial charge in [-0.05, 0) is 30.3 Å². The SMILES string of the molecule is O=C(Cn1cnc2c(oc3ccccc32)c1=O)Nc1cc(Cl)ccc1Cl. The first-order valence-corrected chi connectivity index (χ1v) is 8.40. The van der Waals surface area contributed by atoms with E-state index in [4.69, 9.17) is 27.6 Å². The molecule has 2 heterocycles. The van der Waals surface area contributed by atoms with Gasteiger partial charge >= 0.3 is 0 Å². The number of anilines is 1. The van der Waals surface area contributed by atoms with E-state index in [9.17, 15) is 9.59 Å². The van der Waals surface area contributed by atoms with Crippen molar-refractivity contribution in [2.24, 2.45) is 0 Å². The lowest BCUT2D eigenvalue weighted by atomic mass is 10.2. The molecule has 2 aromatic heterocycles. The number of fused-ring (bicyclic) bond motifs is 3. The molecule has 4 rings (SSSR count). The number of furan rings is 1. The average Bonchev–Trinajstić information content (AvgIpc) is 3.00. The van der Waals surface area contributed by atoms with E-state index in [2.05, 4.69) is 10.3 Å². The number of para-hydroxylation sites is 1. The van der Waals surface area contributed by atoms with Crippen LogP contribution in [-0.2, 0) is 11.3 Å². The van der Waals surface area contributed by atoms with E-state index in [1.165, 1.54) is 17.0 Å². The van der Waals surface area contributed by atoms with Crippen molar-refractivity contribution in [3.63, 3.8) is 0 Å². The Bertz CT molecular complexity index is 1210. The molecule has 26 heavy (non-hydrogen) atoms. The van der Waals surface area contributed by atoms with Gasteiger partial charge in [-0.2, -0.15) is 0 Å². The zero-order chi connectivity index (χ0) is 18.3. The van der Waals surface area contributed by atoms with E-state index in [1.807, 2.05) is 18.2 Å². The van der Waals surface area contributed by atoms with Gasteiger partial charge in [0, 0.05) is 10.4 Å². The van der Waals surface area contributed by atoms with Gasteiger partial charge in [0.25, 0.3) is 5.56 Å². The molecule has 0 atom stereocenters. The number of carbonyl (C=O) groups is 1. The molecule has 1 amide bonds. The number of carbonyl (C=O) groups excluding carboxylic acids is 1. The Balaban J connectivity index is 1.65. The van der Waals surface area contributed by atoms with Crippen LogP contribution in [0.15, 0.2) is 58.0 Å². The molecule has 0 spiro atoms. The third kappa shape index (κ3) is 2.94. The van der Waals surface area contributed by atoms with Crippen molar-refractivity contribution in [2.75, 3.05) is 5.32 Å². The smallest absolute Gasteiger partial charge is 0.297 e. The number of hydrogen-bond acceptors (Lipinski definition) is 4. The fourth-order valence-corrected chi connectivity index (χ4v) is 3.00. The second kappa shape index (κ2) is 6.48. The van der Waals surface area contributed by atoms with E-state index in [0.29, 0.717) is 26.8 Å². The summed E-state index contributed by atoms with van der Waals surface area (Å²) in [6, 6.07) is 12.0. The van der Waals surface area contributed by atoms with Crippen molar-refractivity contribution in [2.45, 2.75) is 6.54 Å². The summed E-state index contributed by atoms with van der Waals surface area (Å²) in [6.45, 7) is -0.234. The van der Waals surface area contributed by atoms with Crippen molar-refractivity contribution in [3.05, 3.63) is 69.2 Å². The van der Waals surface area contributed by atoms with Crippen molar-refractivity contribution >= 4 is 56.9 Å². The number of nitrogens with zero attached hydrogens (tertiary/aromatic N) is 2. The van der Waals surface area contributed by atoms with Gasteiger partial charge in [-0.1, -0.05) is 35.3 Å². The fraction of sp³-hybridized carbons (Fsp3) is 0.0556. The van der Waals surface area contributed by atoms with E-state index in [1.54, 1.807) is 18.2 Å². The molecule has 0 bridgehead atoms. The highest BCUT2D eigenvalue weighted by Gasteiger charge is 2.15. The number of rotatable bonds is 3. The number of halogens is 2. The molecule has 0 unspecified atom stereocenters. The topological polar surface area (TPSA) is 77.1 Å². The molecule has 4 aromatic rings. The highest BCUT2D eigenvalue weighted by Crippen LogP contribution is 2.26. The average molecular weight is 388 g/mol. The van der Waals surface area contributed by atoms with Gasteiger partial charge in [-0.15, -0.1) is 0 Å². The van der Waals surface area contributed by atoms with E-state index < -0.39 is 11.5 Å². The first-order chi connectivity index (χ1) is 12.5. The van der Waals surface area contributed by atoms with Crippen molar-refractivity contribution in [1.82, 2.24) is 9.55 Å². The van der Waals surface area contributed by atoms with Crippen LogP contribution in [0.5, 0.6) is 0 Å². The third-order valence-corrected chi connectivity index (χ3v) is 4.43. The van der Waals surface area contributed by atoms with Crippen LogP contribution in [0.2, 0.25) is 10.0 Å². The number of amides is 1. The summed E-state index contributed by atoms with van der Waals surface area (Å²) in [5.41, 5.74) is 1.09. The van der Waals surface area contributed by atoms with Crippen LogP contribution in [0, 0.1) is 0 Å². The molecule has 0 aliphatic carbocycles. The molecule has 0 saturated carbocycles. The second-order valence-electron chi connectivity index (χ2n) is 5.63. The lowest BCUT2D eigenvalue weighted by molar-refractivity contribution is -0.116. The molecule has 8 heteroatoms. The highest BCUT2D eigenvalue weighted by molar-refractivity contribution is 6.35. The molecule has 2 aromatic carbocycles. The van der Waals surface area contributed by atoms with Crippen molar-refractivity contribution in [3.8, 4) is 0 Å². The van der Waals surface area contributed by atoms with Crippen LogP contribution in [0.4, 0.5) is 5.69 Å². The van der Waals surface area contributed by atoms with Crippen LogP contribution in [-0.4, -0.2) is 15.5 Å². The van der Waals surface area contributed by atoms with Gasteiger partial charge in [-0.3, -0.25) is 14.2 Å². The maximum absolute atomic E-state index is 12.6. The fourth-order valence-electron chi connectivity index (χ4n) is 2.67. The molecule has 130 valence electrons. The standard InChI is InChI=1S/C18H11Cl2N3O3/c19-10-5-6-12(20)13(7-10)22-15(24)8-23-9-21-16-11-3-1-2-4-14(11)26-17(16)18(23)25/h1-7,9H,8H2,(H,22,24). The quantitative estimate of drug-likeness (QED) is 0.574. The predicted molar refractivity (Wildman–Crippen MR) is 101 cm³/mol. The number of nitrogens with one attached hydrogen (secondary N) is 1. The Kier molecular flexibility index (Phi) is 4.14. The Hall–Kier alpha value is -2.83. The Morgan fingerprint density at radius 3 is 2.85 bits per heavy atom. The van der Waals surface area contributed by atoms with Crippen LogP contribution in [0.1, 0.15) is 0 Å². The Morgan fingerprint density at radius 1 is 1.19 bits per heavy atom. The maximum atomic E-state index is 12.6. The predicted octanol–water partition coefficient (Wildman–Crippen LogP) is 4.09. The van der Waals surface area contributed by atoms with Gasteiger partial charge in [0.05, 0.1) is 17.0 Å². The Labute approximate surface area is 157 Å². The summed E-state index contributed by atoms with van der Waals surface area (Å²) in [5, 5.41) is 4.17. The summed E-state index contributed by atoms with van der Waals surface area (Å²) in [4.78, 5) is 29.1. The maximum Gasteiger partial charge on any atom is 0.297 e. The van der Waals surface area contributed by atoms with E-state index in [-0.39, 0.29) is 12.1 Å². The minimum Gasteiger partial charge on any atom is -0.448 e. The normalized spacial score (nSPS) is 11.2. The zero-order valence-corrected chi connectivity index (χ0v) is 14.7. The molecular weight excluding hydrogens is 377 g/mol. The second-order valence-corrected chi connectivity index (χ2v) is 6.47. The molecule has 0 fully saturated rings. The minimum absolute atomic E-state index is 0.113. The monoisotopic (exact) mass is 387 g/mol. The first-order valence-electron chi connectivity index (χ1n) is 7.64. The number of aromatic nitrogens is 2. The van der Waals surface area contributed by atoms with Gasteiger partial charge < -0.3 is 9.73 Å². The van der Waals surface area contributed by atoms with Gasteiger partial charge in [0.1, 0.15) is 17.6 Å². The van der Waals surface area contributed by atoms with Crippen molar-refractivity contribution < 1.29 is 9.21 Å². The summed E-state index contributed by atoms with van der Waals surface area (Å²) in [7, 11) is 0. The molecular formula is C18H11Cl2N3O3. The van der Waals surface area contributed by atoms with E-state index in [0.717, 1.165) is 5.39 Å². The number of hydrogen-bond donors (Lipinski definition) is 1. The Morgan fingerprint density at radius 2 is 2.00 bits per heavy atom. The van der Waals surface area contributed by atoms with Crippen LogP contribution in [0.3, 0.4) is 0 Å². The van der Waals surface area contributed by atoms with Gasteiger partial charge in [0.15, 0.2) is 0 Å². The molecule has 0 aliphatic heterocycles. The molecule has 0 radical (unpaired) electrons. The molecule has 6 nitrogen and oxygen atoms in total. The minimum atomic E-state index is -0.437. The molecule has 0 aliphatic rings. The summed E-state index contributed by atoms with van der Waals surface area (Å²) < 4.78 is 6.77. The summed E-state index contributed by atoms with van der Waals surface area (Å²) >= 11 is 11.9. The lowest BCUT2D eigenvalue weighted by Gasteiger charge is -2.08.